The van der Waals surface area contributed by atoms with Crippen molar-refractivity contribution in [3.8, 4) is 6.07 Å². The van der Waals surface area contributed by atoms with Crippen LogP contribution in [0.3, 0.4) is 0 Å². The van der Waals surface area contributed by atoms with Crippen LogP contribution in [-0.2, 0) is 6.54 Å². The maximum Gasteiger partial charge on any atom is 0.0991 e. The second-order valence-corrected chi connectivity index (χ2v) is 6.59. The van der Waals surface area contributed by atoms with Gasteiger partial charge in [0.25, 0.3) is 0 Å². The lowest BCUT2D eigenvalue weighted by atomic mass is 10.1. The smallest absolute Gasteiger partial charge is 0.0991 e. The molecule has 0 atom stereocenters. The van der Waals surface area contributed by atoms with Crippen LogP contribution in [0.2, 0.25) is 10.0 Å². The van der Waals surface area contributed by atoms with Gasteiger partial charge in [-0.1, -0.05) is 35.3 Å². The molecule has 2 aromatic rings. The standard InChI is InChI=1S/C15H11Cl2N3S/c16-12-5-13(17)15-14(6-12)19-9-20(21-15)8-11-3-1-2-10(4-11)7-18/h1-6,19H,8-9H2. The number of benzene rings is 2. The molecule has 6 heteroatoms. The van der Waals surface area contributed by atoms with Crippen LogP contribution in [-0.4, -0.2) is 11.0 Å². The van der Waals surface area contributed by atoms with E-state index in [1.807, 2.05) is 24.3 Å². The number of rotatable bonds is 2. The molecule has 0 saturated carbocycles. The van der Waals surface area contributed by atoms with Crippen molar-refractivity contribution < 1.29 is 0 Å². The van der Waals surface area contributed by atoms with Crippen molar-refractivity contribution in [2.75, 3.05) is 12.0 Å². The first-order valence-corrected chi connectivity index (χ1v) is 7.83. The number of anilines is 1. The molecule has 21 heavy (non-hydrogen) atoms. The van der Waals surface area contributed by atoms with Crippen molar-refractivity contribution in [2.24, 2.45) is 0 Å². The molecule has 0 unspecified atom stereocenters. The number of nitrogens with zero attached hydrogens (tertiary/aromatic N) is 2. The van der Waals surface area contributed by atoms with Crippen molar-refractivity contribution >= 4 is 40.8 Å². The first-order chi connectivity index (χ1) is 10.2. The van der Waals surface area contributed by atoms with E-state index in [0.29, 0.717) is 22.3 Å². The Morgan fingerprint density at radius 3 is 2.95 bits per heavy atom. The molecule has 0 bridgehead atoms. The highest BCUT2D eigenvalue weighted by Crippen LogP contribution is 2.41. The quantitative estimate of drug-likeness (QED) is 0.803. The van der Waals surface area contributed by atoms with Gasteiger partial charge in [0, 0.05) is 11.6 Å². The van der Waals surface area contributed by atoms with Crippen LogP contribution in [0.1, 0.15) is 11.1 Å². The highest BCUT2D eigenvalue weighted by molar-refractivity contribution is 7.97. The average molecular weight is 336 g/mol. The van der Waals surface area contributed by atoms with E-state index in [1.165, 1.54) is 0 Å². The first-order valence-electron chi connectivity index (χ1n) is 6.30. The predicted octanol–water partition coefficient (Wildman–Crippen LogP) is 4.76. The molecule has 106 valence electrons. The molecule has 0 fully saturated rings. The third kappa shape index (κ3) is 3.28. The number of hydrogen-bond donors (Lipinski definition) is 1. The van der Waals surface area contributed by atoms with Crippen molar-refractivity contribution in [1.29, 1.82) is 5.26 Å². The lowest BCUT2D eigenvalue weighted by molar-refractivity contribution is 0.493. The summed E-state index contributed by atoms with van der Waals surface area (Å²) in [6.45, 7) is 1.41. The van der Waals surface area contributed by atoms with Gasteiger partial charge in [0.05, 0.1) is 33.9 Å². The fourth-order valence-electron chi connectivity index (χ4n) is 2.15. The molecule has 3 rings (SSSR count). The molecular weight excluding hydrogens is 325 g/mol. The molecule has 2 aromatic carbocycles. The fourth-order valence-corrected chi connectivity index (χ4v) is 3.72. The van der Waals surface area contributed by atoms with Crippen molar-refractivity contribution in [1.82, 2.24) is 4.31 Å². The summed E-state index contributed by atoms with van der Waals surface area (Å²) in [7, 11) is 0. The zero-order valence-corrected chi connectivity index (χ0v) is 13.3. The number of nitriles is 1. The molecule has 1 heterocycles. The minimum Gasteiger partial charge on any atom is -0.370 e. The summed E-state index contributed by atoms with van der Waals surface area (Å²) >= 11 is 13.8. The van der Waals surface area contributed by atoms with E-state index < -0.39 is 0 Å². The Hall–Kier alpha value is -1.38. The molecule has 1 aliphatic heterocycles. The van der Waals surface area contributed by atoms with Crippen molar-refractivity contribution in [2.45, 2.75) is 11.4 Å². The maximum absolute atomic E-state index is 8.95. The summed E-state index contributed by atoms with van der Waals surface area (Å²) in [5.41, 5.74) is 2.73. The van der Waals surface area contributed by atoms with E-state index in [2.05, 4.69) is 15.7 Å². The summed E-state index contributed by atoms with van der Waals surface area (Å²) in [6.07, 6.45) is 0. The number of fused-ring (bicyclic) bond motifs is 1. The van der Waals surface area contributed by atoms with E-state index in [9.17, 15) is 0 Å². The molecule has 0 saturated heterocycles. The molecule has 3 nitrogen and oxygen atoms in total. The second kappa shape index (κ2) is 6.17. The van der Waals surface area contributed by atoms with Gasteiger partial charge in [0.2, 0.25) is 0 Å². The number of nitrogens with one attached hydrogen (secondary N) is 1. The van der Waals surface area contributed by atoms with Gasteiger partial charge in [-0.25, -0.2) is 4.31 Å². The fraction of sp³-hybridized carbons (Fsp3) is 0.133. The summed E-state index contributed by atoms with van der Waals surface area (Å²) in [4.78, 5) is 0.976. The van der Waals surface area contributed by atoms with Crippen LogP contribution in [0, 0.1) is 11.3 Å². The normalized spacial score (nSPS) is 14.1. The zero-order valence-electron chi connectivity index (χ0n) is 10.9. The van der Waals surface area contributed by atoms with E-state index in [1.54, 1.807) is 24.1 Å². The summed E-state index contributed by atoms with van der Waals surface area (Å²) in [5, 5.41) is 13.5. The largest absolute Gasteiger partial charge is 0.370 e. The molecule has 0 spiro atoms. The van der Waals surface area contributed by atoms with Gasteiger partial charge in [-0.05, 0) is 41.8 Å². The Morgan fingerprint density at radius 1 is 1.29 bits per heavy atom. The molecule has 0 aliphatic carbocycles. The van der Waals surface area contributed by atoms with Gasteiger partial charge >= 0.3 is 0 Å². The molecule has 0 aromatic heterocycles. The highest BCUT2D eigenvalue weighted by atomic mass is 35.5. The van der Waals surface area contributed by atoms with Crippen molar-refractivity contribution in [3.63, 3.8) is 0 Å². The van der Waals surface area contributed by atoms with Gasteiger partial charge in [-0.3, -0.25) is 0 Å². The van der Waals surface area contributed by atoms with Gasteiger partial charge in [-0.15, -0.1) is 0 Å². The second-order valence-electron chi connectivity index (χ2n) is 4.64. The minimum atomic E-state index is 0.627. The van der Waals surface area contributed by atoms with Crippen LogP contribution in [0.25, 0.3) is 0 Å². The van der Waals surface area contributed by atoms with E-state index in [0.717, 1.165) is 22.7 Å². The van der Waals surface area contributed by atoms with Crippen molar-refractivity contribution in [3.05, 3.63) is 57.6 Å². The monoisotopic (exact) mass is 335 g/mol. The molecule has 0 radical (unpaired) electrons. The Labute approximate surface area is 137 Å². The third-order valence-electron chi connectivity index (χ3n) is 3.09. The number of halogens is 2. The molecule has 1 aliphatic rings. The van der Waals surface area contributed by atoms with Crippen LogP contribution < -0.4 is 5.32 Å². The van der Waals surface area contributed by atoms with E-state index in [-0.39, 0.29) is 0 Å². The van der Waals surface area contributed by atoms with Crippen LogP contribution in [0.5, 0.6) is 0 Å². The van der Waals surface area contributed by atoms with Gasteiger partial charge in [-0.2, -0.15) is 5.26 Å². The lowest BCUT2D eigenvalue weighted by Crippen LogP contribution is -2.26. The summed E-state index contributed by atoms with van der Waals surface area (Å²) < 4.78 is 2.15. The minimum absolute atomic E-state index is 0.627. The predicted molar refractivity (Wildman–Crippen MR) is 87.5 cm³/mol. The Balaban J connectivity index is 1.79. The topological polar surface area (TPSA) is 39.1 Å². The zero-order chi connectivity index (χ0) is 14.8. The van der Waals surface area contributed by atoms with Crippen LogP contribution >= 0.6 is 35.1 Å². The average Bonchev–Trinajstić information content (AvgIpc) is 2.48. The molecular formula is C15H11Cl2N3S. The SMILES string of the molecule is N#Cc1cccc(CN2CNc3cc(Cl)cc(Cl)c3S2)c1. The Kier molecular flexibility index (Phi) is 4.27. The highest BCUT2D eigenvalue weighted by Gasteiger charge is 2.20. The van der Waals surface area contributed by atoms with E-state index >= 15 is 0 Å². The summed E-state index contributed by atoms with van der Waals surface area (Å²) in [6, 6.07) is 13.4. The van der Waals surface area contributed by atoms with Crippen LogP contribution in [0.4, 0.5) is 5.69 Å². The van der Waals surface area contributed by atoms with E-state index in [4.69, 9.17) is 28.5 Å². The van der Waals surface area contributed by atoms with Gasteiger partial charge in [0.15, 0.2) is 0 Å². The lowest BCUT2D eigenvalue weighted by Gasteiger charge is -2.29. The summed E-state index contributed by atoms with van der Waals surface area (Å²) in [5.74, 6) is 0. The Morgan fingerprint density at radius 2 is 2.14 bits per heavy atom. The Bertz CT molecular complexity index is 727. The first kappa shape index (κ1) is 14.6. The molecule has 1 N–H and O–H groups in total. The van der Waals surface area contributed by atoms with Crippen LogP contribution in [0.15, 0.2) is 41.3 Å². The maximum atomic E-state index is 8.95. The van der Waals surface area contributed by atoms with Gasteiger partial charge in [0.1, 0.15) is 0 Å². The van der Waals surface area contributed by atoms with Gasteiger partial charge < -0.3 is 5.32 Å². The third-order valence-corrected chi connectivity index (χ3v) is 4.86. The molecule has 0 amide bonds. The number of hydrogen-bond acceptors (Lipinski definition) is 4.